The first-order chi connectivity index (χ1) is 15.0. The quantitative estimate of drug-likeness (QED) is 0.380. The van der Waals surface area contributed by atoms with Crippen LogP contribution in [-0.2, 0) is 6.54 Å². The Labute approximate surface area is 186 Å². The molecule has 0 saturated heterocycles. The van der Waals surface area contributed by atoms with Gasteiger partial charge in [0.1, 0.15) is 11.6 Å². The highest BCUT2D eigenvalue weighted by atomic mass is 35.5. The molecule has 7 heteroatoms. The smallest absolute Gasteiger partial charge is 0.126 e. The molecule has 5 nitrogen and oxygen atoms in total. The van der Waals surface area contributed by atoms with E-state index < -0.39 is 0 Å². The Hall–Kier alpha value is -2.96. The Kier molecular flexibility index (Phi) is 6.49. The van der Waals surface area contributed by atoms with E-state index in [-0.39, 0.29) is 5.82 Å². The lowest BCUT2D eigenvalue weighted by atomic mass is 10.1. The summed E-state index contributed by atoms with van der Waals surface area (Å²) >= 11 is 6.48. The molecule has 0 radical (unpaired) electrons. The van der Waals surface area contributed by atoms with E-state index in [4.69, 9.17) is 11.6 Å². The summed E-state index contributed by atoms with van der Waals surface area (Å²) in [5.74, 6) is 0.559. The largest absolute Gasteiger partial charge is 0.370 e. The number of hydrogen-bond acceptors (Lipinski definition) is 4. The number of hydrogen-bond donors (Lipinski definition) is 1. The zero-order valence-corrected chi connectivity index (χ0v) is 18.4. The predicted octanol–water partition coefficient (Wildman–Crippen LogP) is 5.30. The number of pyridine rings is 1. The molecule has 4 aromatic rings. The Bertz CT molecular complexity index is 1190. The third-order valence-electron chi connectivity index (χ3n) is 5.12. The first-order valence-corrected chi connectivity index (χ1v) is 10.6. The van der Waals surface area contributed by atoms with Crippen molar-refractivity contribution in [3.8, 4) is 11.1 Å². The second-order valence-electron chi connectivity index (χ2n) is 7.84. The van der Waals surface area contributed by atoms with E-state index in [0.29, 0.717) is 11.6 Å². The fraction of sp³-hybridized carbons (Fsp3) is 0.250. The molecule has 0 atom stereocenters. The molecule has 31 heavy (non-hydrogen) atoms. The van der Waals surface area contributed by atoms with Crippen LogP contribution in [0.1, 0.15) is 12.0 Å². The maximum absolute atomic E-state index is 13.6. The molecule has 0 unspecified atom stereocenters. The van der Waals surface area contributed by atoms with Crippen molar-refractivity contribution in [1.82, 2.24) is 19.4 Å². The molecule has 4 rings (SSSR count). The van der Waals surface area contributed by atoms with E-state index in [0.717, 1.165) is 53.1 Å². The molecule has 0 amide bonds. The van der Waals surface area contributed by atoms with Crippen molar-refractivity contribution in [1.29, 1.82) is 0 Å². The van der Waals surface area contributed by atoms with E-state index in [1.165, 1.54) is 6.07 Å². The van der Waals surface area contributed by atoms with Gasteiger partial charge in [0.2, 0.25) is 0 Å². The molecular formula is C24H25ClFN5. The van der Waals surface area contributed by atoms with Crippen molar-refractivity contribution < 1.29 is 4.39 Å². The summed E-state index contributed by atoms with van der Waals surface area (Å²) in [7, 11) is 4.13. The fourth-order valence-electron chi connectivity index (χ4n) is 3.55. The monoisotopic (exact) mass is 437 g/mol. The fourth-order valence-corrected chi connectivity index (χ4v) is 3.76. The van der Waals surface area contributed by atoms with Crippen LogP contribution >= 0.6 is 11.6 Å². The van der Waals surface area contributed by atoms with Gasteiger partial charge in [-0.15, -0.1) is 0 Å². The van der Waals surface area contributed by atoms with Gasteiger partial charge in [-0.2, -0.15) is 0 Å². The average molecular weight is 438 g/mol. The van der Waals surface area contributed by atoms with Gasteiger partial charge in [-0.25, -0.2) is 14.4 Å². The summed E-state index contributed by atoms with van der Waals surface area (Å²) in [6.45, 7) is 2.39. The van der Waals surface area contributed by atoms with E-state index in [9.17, 15) is 4.39 Å². The van der Waals surface area contributed by atoms with Crippen molar-refractivity contribution in [2.24, 2.45) is 0 Å². The van der Waals surface area contributed by atoms with Crippen LogP contribution < -0.4 is 5.32 Å². The van der Waals surface area contributed by atoms with Crippen molar-refractivity contribution in [3.05, 3.63) is 77.5 Å². The summed E-state index contributed by atoms with van der Waals surface area (Å²) < 4.78 is 15.6. The van der Waals surface area contributed by atoms with Crippen molar-refractivity contribution in [2.75, 3.05) is 32.5 Å². The van der Waals surface area contributed by atoms with Crippen molar-refractivity contribution >= 4 is 28.5 Å². The van der Waals surface area contributed by atoms with E-state index in [2.05, 4.69) is 40.3 Å². The summed E-state index contributed by atoms with van der Waals surface area (Å²) in [5, 5.41) is 3.96. The molecule has 1 N–H and O–H groups in total. The molecular weight excluding hydrogens is 413 g/mol. The van der Waals surface area contributed by atoms with Crippen molar-refractivity contribution in [3.63, 3.8) is 0 Å². The van der Waals surface area contributed by atoms with Crippen LogP contribution in [0.4, 0.5) is 10.2 Å². The molecule has 2 aromatic heterocycles. The molecule has 0 aliphatic carbocycles. The SMILES string of the molecule is CN(C)CCCNc1cc(-c2ccc3ncn(Cc4cccc(F)c4)c3c2)c(Cl)cn1. The molecule has 0 spiro atoms. The second-order valence-corrected chi connectivity index (χ2v) is 8.25. The van der Waals surface area contributed by atoms with Gasteiger partial charge in [0, 0.05) is 24.8 Å². The number of halogens is 2. The van der Waals surface area contributed by atoms with Crippen LogP contribution in [0, 0.1) is 5.82 Å². The number of nitrogens with zero attached hydrogens (tertiary/aromatic N) is 4. The first-order valence-electron chi connectivity index (χ1n) is 10.2. The van der Waals surface area contributed by atoms with Gasteiger partial charge < -0.3 is 14.8 Å². The summed E-state index contributed by atoms with van der Waals surface area (Å²) in [4.78, 5) is 11.0. The van der Waals surface area contributed by atoms with Crippen LogP contribution in [0.25, 0.3) is 22.2 Å². The van der Waals surface area contributed by atoms with E-state index in [1.54, 1.807) is 24.7 Å². The number of fused-ring (bicyclic) bond motifs is 1. The maximum Gasteiger partial charge on any atom is 0.126 e. The summed E-state index contributed by atoms with van der Waals surface area (Å²) in [6, 6.07) is 14.7. The minimum Gasteiger partial charge on any atom is -0.370 e. The number of benzene rings is 2. The van der Waals surface area contributed by atoms with Crippen LogP contribution in [0.2, 0.25) is 5.02 Å². The molecule has 0 aliphatic heterocycles. The lowest BCUT2D eigenvalue weighted by Gasteiger charge is -2.12. The number of rotatable bonds is 8. The molecule has 0 bridgehead atoms. The zero-order valence-electron chi connectivity index (χ0n) is 17.6. The molecule has 160 valence electrons. The van der Waals surface area contributed by atoms with Crippen LogP contribution in [-0.4, -0.2) is 46.6 Å². The Balaban J connectivity index is 1.60. The predicted molar refractivity (Wildman–Crippen MR) is 125 cm³/mol. The number of imidazole rings is 1. The molecule has 0 saturated carbocycles. The Morgan fingerprint density at radius 2 is 1.97 bits per heavy atom. The lowest BCUT2D eigenvalue weighted by molar-refractivity contribution is 0.405. The van der Waals surface area contributed by atoms with Crippen LogP contribution in [0.15, 0.2) is 61.1 Å². The normalized spacial score (nSPS) is 11.4. The van der Waals surface area contributed by atoms with E-state index in [1.807, 2.05) is 28.8 Å². The van der Waals surface area contributed by atoms with Crippen LogP contribution in [0.3, 0.4) is 0 Å². The number of anilines is 1. The Morgan fingerprint density at radius 1 is 1.10 bits per heavy atom. The molecule has 2 aromatic carbocycles. The lowest BCUT2D eigenvalue weighted by Crippen LogP contribution is -2.16. The van der Waals surface area contributed by atoms with Gasteiger partial charge in [-0.05, 0) is 68.5 Å². The van der Waals surface area contributed by atoms with Gasteiger partial charge in [0.05, 0.1) is 22.4 Å². The highest BCUT2D eigenvalue weighted by molar-refractivity contribution is 6.33. The standard InChI is InChI=1S/C24H25ClFN5/c1-30(2)10-4-9-27-24-13-20(21(25)14-28-24)18-7-8-22-23(12-18)31(16-29-22)15-17-5-3-6-19(26)11-17/h3,5-8,11-14,16H,4,9-10,15H2,1-2H3,(H,27,28). The van der Waals surface area contributed by atoms with Gasteiger partial charge in [0.15, 0.2) is 0 Å². The zero-order chi connectivity index (χ0) is 21.8. The minimum atomic E-state index is -0.239. The second kappa shape index (κ2) is 9.45. The van der Waals surface area contributed by atoms with E-state index >= 15 is 0 Å². The van der Waals surface area contributed by atoms with Crippen LogP contribution in [0.5, 0.6) is 0 Å². The number of nitrogens with one attached hydrogen (secondary N) is 1. The van der Waals surface area contributed by atoms with Gasteiger partial charge >= 0.3 is 0 Å². The Morgan fingerprint density at radius 3 is 2.77 bits per heavy atom. The third kappa shape index (κ3) is 5.21. The minimum absolute atomic E-state index is 0.239. The maximum atomic E-state index is 13.6. The molecule has 0 fully saturated rings. The summed E-state index contributed by atoms with van der Waals surface area (Å²) in [5.41, 5.74) is 4.63. The van der Waals surface area contributed by atoms with Gasteiger partial charge in [0.25, 0.3) is 0 Å². The first kappa shape index (κ1) is 21.3. The topological polar surface area (TPSA) is 46.0 Å². The highest BCUT2D eigenvalue weighted by Gasteiger charge is 2.10. The summed E-state index contributed by atoms with van der Waals surface area (Å²) in [6.07, 6.45) is 4.49. The average Bonchev–Trinajstić information content (AvgIpc) is 3.14. The number of aromatic nitrogens is 3. The highest BCUT2D eigenvalue weighted by Crippen LogP contribution is 2.31. The van der Waals surface area contributed by atoms with Crippen molar-refractivity contribution in [2.45, 2.75) is 13.0 Å². The van der Waals surface area contributed by atoms with Gasteiger partial charge in [-0.3, -0.25) is 0 Å². The third-order valence-corrected chi connectivity index (χ3v) is 5.42. The van der Waals surface area contributed by atoms with Gasteiger partial charge in [-0.1, -0.05) is 29.8 Å². The molecule has 0 aliphatic rings. The molecule has 2 heterocycles.